The van der Waals surface area contributed by atoms with Gasteiger partial charge in [-0.05, 0) is 12.1 Å². The van der Waals surface area contributed by atoms with Gasteiger partial charge in [-0.2, -0.15) is 4.98 Å². The van der Waals surface area contributed by atoms with Crippen molar-refractivity contribution < 1.29 is 14.6 Å². The van der Waals surface area contributed by atoms with Gasteiger partial charge in [-0.25, -0.2) is 9.48 Å². The Labute approximate surface area is 149 Å². The van der Waals surface area contributed by atoms with E-state index >= 15 is 0 Å². The minimum atomic E-state index is -1.06. The van der Waals surface area contributed by atoms with Crippen LogP contribution in [0.4, 0.5) is 5.95 Å². The van der Waals surface area contributed by atoms with E-state index in [-0.39, 0.29) is 5.70 Å². The third kappa shape index (κ3) is 2.69. The van der Waals surface area contributed by atoms with Gasteiger partial charge in [-0.3, -0.25) is 0 Å². The van der Waals surface area contributed by atoms with Crippen molar-refractivity contribution in [3.05, 3.63) is 71.9 Å². The average molecular weight is 348 g/mol. The van der Waals surface area contributed by atoms with E-state index in [9.17, 15) is 9.90 Å². The summed E-state index contributed by atoms with van der Waals surface area (Å²) in [5.74, 6) is 0.496. The number of benzene rings is 2. The lowest BCUT2D eigenvalue weighted by Gasteiger charge is -2.23. The molecule has 0 amide bonds. The van der Waals surface area contributed by atoms with Crippen molar-refractivity contribution in [2.24, 2.45) is 0 Å². The highest BCUT2D eigenvalue weighted by Gasteiger charge is 2.29. The topological polar surface area (TPSA) is 89.3 Å². The molecule has 1 atom stereocenters. The molecular weight excluding hydrogens is 332 g/mol. The molecule has 0 spiro atoms. The Hall–Kier alpha value is -3.61. The van der Waals surface area contributed by atoms with Gasteiger partial charge in [0.1, 0.15) is 17.5 Å². The van der Waals surface area contributed by atoms with Crippen LogP contribution in [0.25, 0.3) is 11.4 Å². The summed E-state index contributed by atoms with van der Waals surface area (Å²) in [6.45, 7) is 0. The number of nitrogens with zero attached hydrogens (tertiary/aromatic N) is 3. The zero-order valence-electron chi connectivity index (χ0n) is 14.0. The molecular formula is C19H16N4O3. The summed E-state index contributed by atoms with van der Waals surface area (Å²) in [5.41, 5.74) is 1.72. The Morgan fingerprint density at radius 1 is 1.15 bits per heavy atom. The first kappa shape index (κ1) is 15.9. The smallest absolute Gasteiger partial charge is 0.352 e. The maximum absolute atomic E-state index is 11.6. The lowest BCUT2D eigenvalue weighted by Crippen LogP contribution is -2.24. The van der Waals surface area contributed by atoms with E-state index in [1.165, 1.54) is 0 Å². The molecule has 26 heavy (non-hydrogen) atoms. The van der Waals surface area contributed by atoms with Crippen LogP contribution >= 0.6 is 0 Å². The molecule has 1 aliphatic rings. The van der Waals surface area contributed by atoms with Crippen LogP contribution in [0.1, 0.15) is 11.6 Å². The molecule has 2 aromatic carbocycles. The van der Waals surface area contributed by atoms with E-state index in [2.05, 4.69) is 15.4 Å². The average Bonchev–Trinajstić information content (AvgIpc) is 3.12. The van der Waals surface area contributed by atoms with E-state index in [1.807, 2.05) is 54.6 Å². The summed E-state index contributed by atoms with van der Waals surface area (Å²) in [6.07, 6.45) is 1.61. The molecule has 1 aromatic heterocycles. The number of allylic oxidation sites excluding steroid dienone is 1. The Morgan fingerprint density at radius 2 is 1.88 bits per heavy atom. The second-order valence-corrected chi connectivity index (χ2v) is 5.77. The fraction of sp³-hybridized carbons (Fsp3) is 0.105. The number of rotatable bonds is 4. The summed E-state index contributed by atoms with van der Waals surface area (Å²) in [7, 11) is 1.58. The van der Waals surface area contributed by atoms with Crippen molar-refractivity contribution in [2.75, 3.05) is 12.4 Å². The van der Waals surface area contributed by atoms with Gasteiger partial charge >= 0.3 is 5.97 Å². The first-order valence-corrected chi connectivity index (χ1v) is 8.04. The maximum Gasteiger partial charge on any atom is 0.352 e. The molecule has 0 aliphatic carbocycles. The van der Waals surface area contributed by atoms with E-state index in [1.54, 1.807) is 17.9 Å². The molecule has 1 aliphatic heterocycles. The number of carbonyl (C=O) groups is 1. The molecule has 2 heterocycles. The third-order valence-electron chi connectivity index (χ3n) is 4.19. The number of carboxylic acids is 1. The summed E-state index contributed by atoms with van der Waals surface area (Å²) in [4.78, 5) is 16.0. The first-order valence-electron chi connectivity index (χ1n) is 8.04. The van der Waals surface area contributed by atoms with Gasteiger partial charge in [-0.15, -0.1) is 5.10 Å². The number of aliphatic carboxylic acids is 1. The quantitative estimate of drug-likeness (QED) is 0.753. The van der Waals surface area contributed by atoms with Gasteiger partial charge in [0.25, 0.3) is 0 Å². The number of nitrogens with one attached hydrogen (secondary N) is 1. The van der Waals surface area contributed by atoms with Crippen LogP contribution in [-0.2, 0) is 4.79 Å². The van der Waals surface area contributed by atoms with Gasteiger partial charge < -0.3 is 15.2 Å². The molecule has 7 nitrogen and oxygen atoms in total. The van der Waals surface area contributed by atoms with Crippen LogP contribution in [-0.4, -0.2) is 33.0 Å². The second-order valence-electron chi connectivity index (χ2n) is 5.77. The zero-order valence-corrected chi connectivity index (χ0v) is 14.0. The second kappa shape index (κ2) is 6.36. The van der Waals surface area contributed by atoms with Gasteiger partial charge in [0, 0.05) is 11.1 Å². The van der Waals surface area contributed by atoms with Gasteiger partial charge in [0.05, 0.1) is 7.11 Å². The normalized spacial score (nSPS) is 15.6. The standard InChI is InChI=1S/C19H16N4O3/c1-26-16-10-6-5-9-13(16)15-11-14(18(24)25)20-19-21-17(22-23(15)19)12-7-3-2-4-8-12/h2-11,15H,1H3,(H,24,25)(H,20,21,22)/t15-/m1/s1. The minimum Gasteiger partial charge on any atom is -0.496 e. The van der Waals surface area contributed by atoms with Gasteiger partial charge in [-0.1, -0.05) is 48.5 Å². The third-order valence-corrected chi connectivity index (χ3v) is 4.19. The lowest BCUT2D eigenvalue weighted by atomic mass is 10.0. The Kier molecular flexibility index (Phi) is 3.89. The van der Waals surface area contributed by atoms with Crippen molar-refractivity contribution in [2.45, 2.75) is 6.04 Å². The van der Waals surface area contributed by atoms with Crippen LogP contribution in [0.15, 0.2) is 66.4 Å². The predicted molar refractivity (Wildman–Crippen MR) is 95.9 cm³/mol. The summed E-state index contributed by atoms with van der Waals surface area (Å²) < 4.78 is 7.12. The van der Waals surface area contributed by atoms with Gasteiger partial charge in [0.2, 0.25) is 5.95 Å². The highest BCUT2D eigenvalue weighted by Crippen LogP contribution is 2.35. The molecule has 0 unspecified atom stereocenters. The van der Waals surface area contributed by atoms with E-state index < -0.39 is 12.0 Å². The molecule has 2 N–H and O–H groups in total. The molecule has 130 valence electrons. The molecule has 0 radical (unpaired) electrons. The van der Waals surface area contributed by atoms with E-state index in [0.717, 1.165) is 11.1 Å². The monoisotopic (exact) mass is 348 g/mol. The lowest BCUT2D eigenvalue weighted by molar-refractivity contribution is -0.132. The first-order chi connectivity index (χ1) is 12.7. The number of hydrogen-bond donors (Lipinski definition) is 2. The van der Waals surface area contributed by atoms with E-state index in [0.29, 0.717) is 17.5 Å². The fourth-order valence-corrected chi connectivity index (χ4v) is 2.96. The van der Waals surface area contributed by atoms with Crippen LogP contribution in [0.3, 0.4) is 0 Å². The summed E-state index contributed by atoms with van der Waals surface area (Å²) in [5, 5.41) is 16.9. The number of ether oxygens (including phenoxy) is 1. The van der Waals surface area contributed by atoms with Crippen LogP contribution in [0, 0.1) is 0 Å². The summed E-state index contributed by atoms with van der Waals surface area (Å²) >= 11 is 0. The molecule has 4 rings (SSSR count). The van der Waals surface area contributed by atoms with Crippen LogP contribution < -0.4 is 10.1 Å². The Morgan fingerprint density at radius 3 is 2.62 bits per heavy atom. The van der Waals surface area contributed by atoms with Crippen LogP contribution in [0.5, 0.6) is 5.75 Å². The highest BCUT2D eigenvalue weighted by molar-refractivity contribution is 5.90. The zero-order chi connectivity index (χ0) is 18.1. The largest absolute Gasteiger partial charge is 0.496 e. The molecule has 7 heteroatoms. The van der Waals surface area contributed by atoms with E-state index in [4.69, 9.17) is 4.74 Å². The van der Waals surface area contributed by atoms with Crippen molar-refractivity contribution in [3.8, 4) is 17.1 Å². The number of aromatic nitrogens is 3. The Bertz CT molecular complexity index is 995. The number of carboxylic acid groups (broad SMARTS) is 1. The number of para-hydroxylation sites is 1. The van der Waals surface area contributed by atoms with Crippen molar-refractivity contribution in [3.63, 3.8) is 0 Å². The van der Waals surface area contributed by atoms with Crippen molar-refractivity contribution in [1.29, 1.82) is 0 Å². The molecule has 0 bridgehead atoms. The number of hydrogen-bond acceptors (Lipinski definition) is 5. The molecule has 3 aromatic rings. The van der Waals surface area contributed by atoms with Crippen molar-refractivity contribution >= 4 is 11.9 Å². The van der Waals surface area contributed by atoms with Crippen LogP contribution in [0.2, 0.25) is 0 Å². The maximum atomic E-state index is 11.6. The molecule has 0 fully saturated rings. The van der Waals surface area contributed by atoms with Gasteiger partial charge in [0.15, 0.2) is 5.82 Å². The predicted octanol–water partition coefficient (Wildman–Crippen LogP) is 2.94. The number of methoxy groups -OCH3 is 1. The molecule has 0 saturated carbocycles. The minimum absolute atomic E-state index is 0.0559. The SMILES string of the molecule is COc1ccccc1[C@H]1C=C(C(=O)O)Nc2nc(-c3ccccc3)nn21. The highest BCUT2D eigenvalue weighted by atomic mass is 16.5. The van der Waals surface area contributed by atoms with Crippen molar-refractivity contribution in [1.82, 2.24) is 14.8 Å². The Balaban J connectivity index is 1.86. The molecule has 0 saturated heterocycles. The number of fused-ring (bicyclic) bond motifs is 1. The summed E-state index contributed by atoms with van der Waals surface area (Å²) in [6, 6.07) is 16.6. The number of anilines is 1. The fourth-order valence-electron chi connectivity index (χ4n) is 2.96.